The Labute approximate surface area is 236 Å². The minimum atomic E-state index is 0.210. The van der Waals surface area contributed by atoms with Crippen LogP contribution in [0, 0.1) is 0 Å². The summed E-state index contributed by atoms with van der Waals surface area (Å²) >= 11 is 12.9. The molecule has 0 unspecified atom stereocenters. The number of aryl methyl sites for hydroxylation is 1. The molecule has 3 aromatic rings. The summed E-state index contributed by atoms with van der Waals surface area (Å²) in [6, 6.07) is 16.9. The normalized spacial score (nSPS) is 15.5. The van der Waals surface area contributed by atoms with Crippen molar-refractivity contribution in [3.05, 3.63) is 87.2 Å². The van der Waals surface area contributed by atoms with Crippen LogP contribution < -0.4 is 5.73 Å². The first-order valence-electron chi connectivity index (χ1n) is 13.2. The van der Waals surface area contributed by atoms with Gasteiger partial charge in [-0.25, -0.2) is 0 Å². The van der Waals surface area contributed by atoms with Crippen LogP contribution in [0.15, 0.2) is 54.7 Å². The molecule has 38 heavy (non-hydrogen) atoms. The zero-order valence-electron chi connectivity index (χ0n) is 22.0. The number of ether oxygens (including phenoxy) is 3. The molecule has 0 aliphatic carbocycles. The number of hydrogen-bond acceptors (Lipinski definition) is 6. The lowest BCUT2D eigenvalue weighted by atomic mass is 9.84. The van der Waals surface area contributed by atoms with Crippen molar-refractivity contribution in [2.45, 2.75) is 25.3 Å². The minimum Gasteiger partial charge on any atom is -0.379 e. The summed E-state index contributed by atoms with van der Waals surface area (Å²) in [6.07, 6.45) is 3.76. The maximum Gasteiger partial charge on any atom is 0.0701 e. The zero-order chi connectivity index (χ0) is 26.7. The predicted octanol–water partition coefficient (Wildman–Crippen LogP) is 5.57. The molecule has 8 heteroatoms. The molecule has 1 atom stereocenters. The van der Waals surface area contributed by atoms with Gasteiger partial charge in [-0.3, -0.25) is 4.98 Å². The Balaban J connectivity index is 1.29. The van der Waals surface area contributed by atoms with Gasteiger partial charge in [-0.1, -0.05) is 53.5 Å². The van der Waals surface area contributed by atoms with Gasteiger partial charge in [0.05, 0.1) is 33.0 Å². The van der Waals surface area contributed by atoms with Gasteiger partial charge in [0.25, 0.3) is 0 Å². The first-order chi connectivity index (χ1) is 18.5. The van der Waals surface area contributed by atoms with Crippen LogP contribution in [0.3, 0.4) is 0 Å². The third-order valence-electron chi connectivity index (χ3n) is 6.67. The second kappa shape index (κ2) is 14.9. The van der Waals surface area contributed by atoms with E-state index in [4.69, 9.17) is 48.1 Å². The molecule has 1 aliphatic rings. The highest BCUT2D eigenvalue weighted by atomic mass is 35.5. The van der Waals surface area contributed by atoms with Crippen molar-refractivity contribution in [2.24, 2.45) is 5.73 Å². The molecule has 1 aliphatic heterocycles. The molecule has 6 nitrogen and oxygen atoms in total. The van der Waals surface area contributed by atoms with E-state index in [-0.39, 0.29) is 5.92 Å². The summed E-state index contributed by atoms with van der Waals surface area (Å²) in [6.45, 7) is 5.82. The van der Waals surface area contributed by atoms with Crippen molar-refractivity contribution in [3.8, 4) is 11.1 Å². The minimum absolute atomic E-state index is 0.210. The lowest BCUT2D eigenvalue weighted by Gasteiger charge is -2.33. The molecule has 0 saturated heterocycles. The van der Waals surface area contributed by atoms with Crippen LogP contribution >= 0.6 is 23.2 Å². The molecule has 0 amide bonds. The predicted molar refractivity (Wildman–Crippen MR) is 154 cm³/mol. The summed E-state index contributed by atoms with van der Waals surface area (Å²) < 4.78 is 16.4. The molecule has 204 valence electrons. The third kappa shape index (κ3) is 8.23. The molecule has 0 radical (unpaired) electrons. The number of fused-ring (bicyclic) bond motifs is 1. The number of halogens is 2. The highest BCUT2D eigenvalue weighted by Gasteiger charge is 2.27. The van der Waals surface area contributed by atoms with E-state index in [0.29, 0.717) is 51.2 Å². The van der Waals surface area contributed by atoms with Gasteiger partial charge < -0.3 is 24.8 Å². The lowest BCUT2D eigenvalue weighted by molar-refractivity contribution is 0.0156. The van der Waals surface area contributed by atoms with Crippen LogP contribution in [-0.2, 0) is 27.2 Å². The molecule has 2 N–H and O–H groups in total. The van der Waals surface area contributed by atoms with Crippen LogP contribution in [-0.4, -0.2) is 69.7 Å². The first kappa shape index (κ1) is 29.0. The fourth-order valence-electron chi connectivity index (χ4n) is 4.79. The largest absolute Gasteiger partial charge is 0.379 e. The van der Waals surface area contributed by atoms with Gasteiger partial charge in [0.1, 0.15) is 0 Å². The molecule has 0 saturated carbocycles. The van der Waals surface area contributed by atoms with Gasteiger partial charge in [0.2, 0.25) is 0 Å². The van der Waals surface area contributed by atoms with E-state index < -0.39 is 0 Å². The molecule has 0 fully saturated rings. The fourth-order valence-corrected chi connectivity index (χ4v) is 5.36. The second-order valence-corrected chi connectivity index (χ2v) is 10.4. The molecule has 1 aromatic heterocycles. The number of hydrogen-bond donors (Lipinski definition) is 1. The Bertz CT molecular complexity index is 1160. The Morgan fingerprint density at radius 3 is 2.42 bits per heavy atom. The second-order valence-electron chi connectivity index (χ2n) is 9.60. The van der Waals surface area contributed by atoms with E-state index in [1.54, 1.807) is 0 Å². The highest BCUT2D eigenvalue weighted by molar-refractivity contribution is 6.35. The number of rotatable bonds is 14. The van der Waals surface area contributed by atoms with Gasteiger partial charge >= 0.3 is 0 Å². The zero-order valence-corrected chi connectivity index (χ0v) is 23.5. The number of aromatic nitrogens is 1. The smallest absolute Gasteiger partial charge is 0.0701 e. The van der Waals surface area contributed by atoms with Gasteiger partial charge in [-0.05, 0) is 60.3 Å². The molecular weight excluding hydrogens is 521 g/mol. The Hall–Kier alpha value is -2.03. The summed E-state index contributed by atoms with van der Waals surface area (Å²) in [4.78, 5) is 7.02. The molecule has 0 spiro atoms. The van der Waals surface area contributed by atoms with Crippen molar-refractivity contribution in [1.82, 2.24) is 9.88 Å². The number of nitrogens with zero attached hydrogens (tertiary/aromatic N) is 2. The maximum absolute atomic E-state index is 6.56. The SMILES string of the molecule is CN1Cc2c(Cl)cc(Cl)cc2[C@H](c2cccc(-c3ccc(CCCOCCOCCOCCN)nc3)c2)C1. The lowest BCUT2D eigenvalue weighted by Crippen LogP contribution is -2.31. The van der Waals surface area contributed by atoms with Gasteiger partial charge in [-0.15, -0.1) is 0 Å². The topological polar surface area (TPSA) is 69.8 Å². The number of benzene rings is 2. The third-order valence-corrected chi connectivity index (χ3v) is 7.22. The Morgan fingerprint density at radius 2 is 1.68 bits per heavy atom. The van der Waals surface area contributed by atoms with Gasteiger partial charge in [-0.2, -0.15) is 0 Å². The first-order valence-corrected chi connectivity index (χ1v) is 14.0. The van der Waals surface area contributed by atoms with E-state index in [1.807, 2.05) is 12.3 Å². The van der Waals surface area contributed by atoms with Gasteiger partial charge in [0, 0.05) is 59.7 Å². The molecule has 0 bridgehead atoms. The summed E-state index contributed by atoms with van der Waals surface area (Å²) in [5, 5.41) is 1.42. The number of pyridine rings is 1. The maximum atomic E-state index is 6.56. The standard InChI is InChI=1S/C30H37Cl2N3O3/c1-35-20-28(27-17-25(31)18-30(32)29(27)21-35)23-5-2-4-22(16-23)24-7-8-26(34-19-24)6-3-10-36-12-14-38-15-13-37-11-9-33/h2,4-5,7-8,16-19,28H,3,6,9-15,20-21,33H2,1H3/t28-/m0/s1. The van der Waals surface area contributed by atoms with Crippen molar-refractivity contribution in [1.29, 1.82) is 0 Å². The Morgan fingerprint density at radius 1 is 0.921 bits per heavy atom. The van der Waals surface area contributed by atoms with E-state index in [2.05, 4.69) is 54.4 Å². The molecular formula is C30H37Cl2N3O3. The van der Waals surface area contributed by atoms with E-state index in [1.165, 1.54) is 11.1 Å². The molecule has 4 rings (SSSR count). The summed E-state index contributed by atoms with van der Waals surface area (Å²) in [5.74, 6) is 0.210. The van der Waals surface area contributed by atoms with Gasteiger partial charge in [0.15, 0.2) is 0 Å². The van der Waals surface area contributed by atoms with Crippen LogP contribution in [0.2, 0.25) is 10.0 Å². The monoisotopic (exact) mass is 557 g/mol. The van der Waals surface area contributed by atoms with E-state index >= 15 is 0 Å². The van der Waals surface area contributed by atoms with Crippen molar-refractivity contribution in [3.63, 3.8) is 0 Å². The highest BCUT2D eigenvalue weighted by Crippen LogP contribution is 2.39. The average Bonchev–Trinajstić information content (AvgIpc) is 2.92. The van der Waals surface area contributed by atoms with Crippen LogP contribution in [0.1, 0.15) is 34.7 Å². The number of nitrogens with two attached hydrogens (primary N) is 1. The summed E-state index contributed by atoms with van der Waals surface area (Å²) in [5.41, 5.74) is 12.3. The van der Waals surface area contributed by atoms with Crippen molar-refractivity contribution < 1.29 is 14.2 Å². The van der Waals surface area contributed by atoms with Crippen LogP contribution in [0.25, 0.3) is 11.1 Å². The van der Waals surface area contributed by atoms with Crippen molar-refractivity contribution in [2.75, 3.05) is 59.8 Å². The fraction of sp³-hybridized carbons (Fsp3) is 0.433. The van der Waals surface area contributed by atoms with Crippen molar-refractivity contribution >= 4 is 23.2 Å². The van der Waals surface area contributed by atoms with Crippen LogP contribution in [0.5, 0.6) is 0 Å². The quantitative estimate of drug-likeness (QED) is 0.261. The van der Waals surface area contributed by atoms with Crippen LogP contribution in [0.4, 0.5) is 0 Å². The molecule has 2 aromatic carbocycles. The molecule has 2 heterocycles. The average molecular weight is 559 g/mol. The number of likely N-dealkylation sites (N-methyl/N-ethyl adjacent to an activating group) is 1. The summed E-state index contributed by atoms with van der Waals surface area (Å²) in [7, 11) is 2.13. The Kier molecular flexibility index (Phi) is 11.4. The van der Waals surface area contributed by atoms with E-state index in [0.717, 1.165) is 53.3 Å². The van der Waals surface area contributed by atoms with E-state index in [9.17, 15) is 0 Å².